The van der Waals surface area contributed by atoms with Crippen molar-refractivity contribution in [3.8, 4) is 0 Å². The first-order chi connectivity index (χ1) is 8.49. The summed E-state index contributed by atoms with van der Waals surface area (Å²) in [5.41, 5.74) is 2.17. The highest BCUT2D eigenvalue weighted by molar-refractivity contribution is 9.12. The number of hydrogen-bond acceptors (Lipinski definition) is 1. The number of fused-ring (bicyclic) bond motifs is 1. The maximum Gasteiger partial charge on any atom is 0.318 e. The molecule has 0 spiro atoms. The van der Waals surface area contributed by atoms with Gasteiger partial charge in [0, 0.05) is 0 Å². The van der Waals surface area contributed by atoms with Crippen molar-refractivity contribution in [3.05, 3.63) is 47.5 Å². The zero-order valence-electron chi connectivity index (χ0n) is 9.73. The molecule has 0 aliphatic heterocycles. The van der Waals surface area contributed by atoms with Gasteiger partial charge in [0.05, 0.1) is 4.83 Å². The number of aryl methyl sites for hydroxylation is 1. The molecule has 0 aromatic heterocycles. The molecule has 2 unspecified atom stereocenters. The maximum absolute atomic E-state index is 10.9. The molecular weight excluding hydrogens is 360 g/mol. The predicted molar refractivity (Wildman–Crippen MR) is 80.7 cm³/mol. The molecule has 2 nitrogen and oxygen atoms in total. The molecule has 18 heavy (non-hydrogen) atoms. The van der Waals surface area contributed by atoms with E-state index in [9.17, 15) is 4.79 Å². The summed E-state index contributed by atoms with van der Waals surface area (Å²) >= 11 is 6.60. The van der Waals surface area contributed by atoms with Crippen molar-refractivity contribution >= 4 is 48.6 Å². The Morgan fingerprint density at radius 3 is 2.39 bits per heavy atom. The van der Waals surface area contributed by atoms with Crippen molar-refractivity contribution in [3.63, 3.8) is 0 Å². The van der Waals surface area contributed by atoms with Gasteiger partial charge in [-0.25, -0.2) is 0 Å². The van der Waals surface area contributed by atoms with E-state index >= 15 is 0 Å². The van der Waals surface area contributed by atoms with Crippen LogP contribution in [0.2, 0.25) is 0 Å². The van der Waals surface area contributed by atoms with Gasteiger partial charge in [-0.3, -0.25) is 4.79 Å². The van der Waals surface area contributed by atoms with Gasteiger partial charge in [-0.1, -0.05) is 67.8 Å². The summed E-state index contributed by atoms with van der Waals surface area (Å²) in [7, 11) is 0. The van der Waals surface area contributed by atoms with Crippen LogP contribution in [0.15, 0.2) is 36.4 Å². The van der Waals surface area contributed by atoms with Crippen molar-refractivity contribution < 1.29 is 9.90 Å². The second-order valence-electron chi connectivity index (χ2n) is 4.25. The minimum Gasteiger partial charge on any atom is -0.480 e. The van der Waals surface area contributed by atoms with E-state index in [1.165, 1.54) is 10.9 Å². The number of benzene rings is 2. The van der Waals surface area contributed by atoms with Gasteiger partial charge in [0.1, 0.15) is 4.83 Å². The van der Waals surface area contributed by atoms with Crippen molar-refractivity contribution in [2.45, 2.75) is 16.6 Å². The topological polar surface area (TPSA) is 37.3 Å². The minimum absolute atomic E-state index is 0.249. The van der Waals surface area contributed by atoms with E-state index in [2.05, 4.69) is 57.0 Å². The molecule has 0 saturated carbocycles. The van der Waals surface area contributed by atoms with E-state index in [0.29, 0.717) is 0 Å². The van der Waals surface area contributed by atoms with Crippen LogP contribution in [-0.2, 0) is 4.79 Å². The number of halogens is 2. The lowest BCUT2D eigenvalue weighted by Gasteiger charge is -2.14. The Morgan fingerprint density at radius 1 is 1.11 bits per heavy atom. The van der Waals surface area contributed by atoms with Crippen LogP contribution in [-0.4, -0.2) is 15.9 Å². The second kappa shape index (κ2) is 5.41. The zero-order valence-corrected chi connectivity index (χ0v) is 12.9. The van der Waals surface area contributed by atoms with Crippen molar-refractivity contribution in [1.29, 1.82) is 0 Å². The quantitative estimate of drug-likeness (QED) is 0.810. The number of aliphatic carboxylic acids is 1. The molecule has 2 atom stereocenters. The van der Waals surface area contributed by atoms with Crippen LogP contribution in [0.4, 0.5) is 0 Å². The molecule has 0 aliphatic carbocycles. The number of rotatable bonds is 3. The fourth-order valence-corrected chi connectivity index (χ4v) is 2.67. The van der Waals surface area contributed by atoms with Gasteiger partial charge in [0.2, 0.25) is 0 Å². The molecule has 0 bridgehead atoms. The van der Waals surface area contributed by atoms with Crippen LogP contribution in [0.25, 0.3) is 10.8 Å². The molecule has 0 saturated heterocycles. The molecule has 0 aliphatic rings. The summed E-state index contributed by atoms with van der Waals surface area (Å²) in [6.07, 6.45) is 0. The Labute approximate surface area is 122 Å². The third kappa shape index (κ3) is 2.75. The van der Waals surface area contributed by atoms with Crippen LogP contribution >= 0.6 is 31.9 Å². The van der Waals surface area contributed by atoms with E-state index in [1.54, 1.807) is 0 Å². The highest BCUT2D eigenvalue weighted by Crippen LogP contribution is 2.33. The molecule has 0 heterocycles. The third-order valence-electron chi connectivity index (χ3n) is 2.83. The Kier molecular flexibility index (Phi) is 4.07. The lowest BCUT2D eigenvalue weighted by atomic mass is 10.0. The molecule has 0 amide bonds. The highest BCUT2D eigenvalue weighted by Gasteiger charge is 2.24. The molecule has 1 N–H and O–H groups in total. The van der Waals surface area contributed by atoms with Gasteiger partial charge < -0.3 is 5.11 Å². The lowest BCUT2D eigenvalue weighted by Crippen LogP contribution is -2.17. The van der Waals surface area contributed by atoms with Gasteiger partial charge >= 0.3 is 5.97 Å². The molecule has 94 valence electrons. The summed E-state index contributed by atoms with van der Waals surface area (Å²) in [6, 6.07) is 12.2. The number of carbonyl (C=O) groups is 1. The predicted octanol–water partition coefficient (Wildman–Crippen LogP) is 4.43. The smallest absolute Gasteiger partial charge is 0.318 e. The number of carboxylic acid groups (broad SMARTS) is 1. The molecule has 2 aromatic rings. The fraction of sp³-hybridized carbons (Fsp3) is 0.214. The summed E-state index contributed by atoms with van der Waals surface area (Å²) in [5, 5.41) is 11.3. The van der Waals surface area contributed by atoms with Crippen molar-refractivity contribution in [2.75, 3.05) is 0 Å². The van der Waals surface area contributed by atoms with E-state index in [1.807, 2.05) is 18.2 Å². The summed E-state index contributed by atoms with van der Waals surface area (Å²) in [5.74, 6) is -0.874. The van der Waals surface area contributed by atoms with E-state index in [4.69, 9.17) is 5.11 Å². The summed E-state index contributed by atoms with van der Waals surface area (Å²) in [4.78, 5) is 10.1. The first-order valence-corrected chi connectivity index (χ1v) is 7.33. The highest BCUT2D eigenvalue weighted by atomic mass is 79.9. The minimum atomic E-state index is -0.874. The van der Waals surface area contributed by atoms with Crippen LogP contribution in [0, 0.1) is 6.92 Å². The number of carboxylic acids is 1. The molecule has 0 radical (unpaired) electrons. The average Bonchev–Trinajstić information content (AvgIpc) is 2.36. The Morgan fingerprint density at radius 2 is 1.72 bits per heavy atom. The number of hydrogen-bond donors (Lipinski definition) is 1. The van der Waals surface area contributed by atoms with Gasteiger partial charge in [-0.15, -0.1) is 0 Å². The van der Waals surface area contributed by atoms with Crippen molar-refractivity contribution in [2.24, 2.45) is 0 Å². The molecule has 0 fully saturated rings. The van der Waals surface area contributed by atoms with Crippen LogP contribution in [0.5, 0.6) is 0 Å². The number of alkyl halides is 2. The zero-order chi connectivity index (χ0) is 13.3. The SMILES string of the molecule is Cc1ccc2cc(C(Br)C(Br)C(=O)O)ccc2c1. The molecule has 4 heteroatoms. The van der Waals surface area contributed by atoms with Crippen LogP contribution in [0.1, 0.15) is 16.0 Å². The summed E-state index contributed by atoms with van der Waals surface area (Å²) in [6.45, 7) is 2.06. The largest absolute Gasteiger partial charge is 0.480 e. The monoisotopic (exact) mass is 370 g/mol. The maximum atomic E-state index is 10.9. The fourth-order valence-electron chi connectivity index (χ4n) is 1.85. The third-order valence-corrected chi connectivity index (χ3v) is 5.52. The normalized spacial score (nSPS) is 14.4. The average molecular weight is 372 g/mol. The van der Waals surface area contributed by atoms with E-state index in [-0.39, 0.29) is 4.83 Å². The Hall–Kier alpha value is -0.870. The van der Waals surface area contributed by atoms with Gasteiger partial charge in [-0.05, 0) is 29.3 Å². The van der Waals surface area contributed by atoms with Gasteiger partial charge in [0.25, 0.3) is 0 Å². The van der Waals surface area contributed by atoms with E-state index in [0.717, 1.165) is 10.9 Å². The second-order valence-corrected chi connectivity index (χ2v) is 6.22. The Bertz CT molecular complexity index is 595. The lowest BCUT2D eigenvalue weighted by molar-refractivity contribution is -0.136. The standard InChI is InChI=1S/C14H12Br2O2/c1-8-2-3-10-7-11(5-4-9(10)6-8)12(15)13(16)14(17)18/h2-7,12-13H,1H3,(H,17,18). The first kappa shape index (κ1) is 13.6. The molecule has 2 rings (SSSR count). The molecular formula is C14H12Br2O2. The Balaban J connectivity index is 2.41. The first-order valence-electron chi connectivity index (χ1n) is 5.50. The van der Waals surface area contributed by atoms with Gasteiger partial charge in [-0.2, -0.15) is 0 Å². The van der Waals surface area contributed by atoms with Crippen LogP contribution in [0.3, 0.4) is 0 Å². The molecule has 2 aromatic carbocycles. The van der Waals surface area contributed by atoms with Crippen LogP contribution < -0.4 is 0 Å². The summed E-state index contributed by atoms with van der Waals surface area (Å²) < 4.78 is 0. The van der Waals surface area contributed by atoms with E-state index < -0.39 is 10.8 Å². The van der Waals surface area contributed by atoms with Crippen molar-refractivity contribution in [1.82, 2.24) is 0 Å². The van der Waals surface area contributed by atoms with Gasteiger partial charge in [0.15, 0.2) is 0 Å².